The van der Waals surface area contributed by atoms with Crippen molar-refractivity contribution in [1.29, 1.82) is 0 Å². The Bertz CT molecular complexity index is 856. The lowest BCUT2D eigenvalue weighted by atomic mass is 10.1. The molecule has 0 fully saturated rings. The molecule has 0 unspecified atom stereocenters. The molecule has 0 bridgehead atoms. The summed E-state index contributed by atoms with van der Waals surface area (Å²) in [7, 11) is 1.53. The van der Waals surface area contributed by atoms with Crippen LogP contribution in [0, 0.1) is 5.82 Å². The summed E-state index contributed by atoms with van der Waals surface area (Å²) in [6.45, 7) is 5.30. The topological polar surface area (TPSA) is 61.8 Å². The molecule has 0 aliphatic carbocycles. The number of esters is 1. The number of halogens is 1. The van der Waals surface area contributed by atoms with Crippen LogP contribution in [0.4, 0.5) is 4.39 Å². The highest BCUT2D eigenvalue weighted by Gasteiger charge is 2.18. The zero-order valence-corrected chi connectivity index (χ0v) is 16.3. The average Bonchev–Trinajstić information content (AvgIpc) is 2.66. The third kappa shape index (κ3) is 5.94. The molecule has 0 spiro atoms. The molecular formula is C22H23FO5. The fraction of sp³-hybridized carbons (Fsp3) is 0.273. The van der Waals surface area contributed by atoms with E-state index in [9.17, 15) is 14.0 Å². The van der Waals surface area contributed by atoms with E-state index in [0.717, 1.165) is 0 Å². The highest BCUT2D eigenvalue weighted by Crippen LogP contribution is 2.29. The molecule has 28 heavy (non-hydrogen) atoms. The number of hydrogen-bond acceptors (Lipinski definition) is 5. The van der Waals surface area contributed by atoms with Crippen LogP contribution in [0.5, 0.6) is 11.5 Å². The smallest absolute Gasteiger partial charge is 0.331 e. The van der Waals surface area contributed by atoms with Crippen molar-refractivity contribution in [3.63, 3.8) is 0 Å². The highest BCUT2D eigenvalue weighted by atomic mass is 19.1. The van der Waals surface area contributed by atoms with Crippen molar-refractivity contribution >= 4 is 17.8 Å². The van der Waals surface area contributed by atoms with Gasteiger partial charge >= 0.3 is 5.97 Å². The van der Waals surface area contributed by atoms with E-state index in [4.69, 9.17) is 14.2 Å². The number of carbonyl (C=O) groups excluding carboxylic acids is 2. The predicted molar refractivity (Wildman–Crippen MR) is 104 cm³/mol. The number of benzene rings is 2. The van der Waals surface area contributed by atoms with Gasteiger partial charge in [-0.3, -0.25) is 4.79 Å². The molecule has 0 aliphatic rings. The van der Waals surface area contributed by atoms with Crippen LogP contribution in [-0.2, 0) is 9.53 Å². The Morgan fingerprint density at radius 1 is 1.00 bits per heavy atom. The van der Waals surface area contributed by atoms with Gasteiger partial charge in [-0.2, -0.15) is 0 Å². The number of ether oxygens (including phenoxy) is 3. The van der Waals surface area contributed by atoms with Crippen LogP contribution < -0.4 is 9.47 Å². The first-order valence-electron chi connectivity index (χ1n) is 8.83. The molecule has 2 aromatic carbocycles. The monoisotopic (exact) mass is 386 g/mol. The molecule has 0 radical (unpaired) electrons. The molecule has 5 nitrogen and oxygen atoms in total. The fourth-order valence-corrected chi connectivity index (χ4v) is 2.42. The maximum Gasteiger partial charge on any atom is 0.331 e. The highest BCUT2D eigenvalue weighted by molar-refractivity contribution is 6.01. The van der Waals surface area contributed by atoms with Crippen molar-refractivity contribution in [2.24, 2.45) is 0 Å². The molecule has 0 N–H and O–H groups in total. The van der Waals surface area contributed by atoms with E-state index in [0.29, 0.717) is 17.1 Å². The third-order valence-electron chi connectivity index (χ3n) is 3.75. The van der Waals surface area contributed by atoms with Gasteiger partial charge in [-0.15, -0.1) is 0 Å². The molecule has 0 heterocycles. The summed E-state index contributed by atoms with van der Waals surface area (Å²) in [6, 6.07) is 10.3. The van der Waals surface area contributed by atoms with Gasteiger partial charge in [0.15, 0.2) is 17.6 Å². The summed E-state index contributed by atoms with van der Waals surface area (Å²) in [6.07, 6.45) is 1.80. The Kier molecular flexibility index (Phi) is 7.32. The largest absolute Gasteiger partial charge is 0.493 e. The Morgan fingerprint density at radius 2 is 1.68 bits per heavy atom. The molecule has 6 heteroatoms. The molecule has 2 aromatic rings. The Hall–Kier alpha value is -3.15. The zero-order valence-electron chi connectivity index (χ0n) is 16.3. The van der Waals surface area contributed by atoms with Crippen molar-refractivity contribution in [2.75, 3.05) is 7.11 Å². The number of rotatable bonds is 8. The first-order valence-corrected chi connectivity index (χ1v) is 8.83. The van der Waals surface area contributed by atoms with Gasteiger partial charge < -0.3 is 14.2 Å². The van der Waals surface area contributed by atoms with Gasteiger partial charge in [0.05, 0.1) is 13.2 Å². The maximum atomic E-state index is 12.9. The minimum absolute atomic E-state index is 0.00500. The van der Waals surface area contributed by atoms with Gasteiger partial charge in [0.2, 0.25) is 5.78 Å². The molecule has 0 aromatic heterocycles. The maximum absolute atomic E-state index is 12.9. The molecule has 1 atom stereocenters. The predicted octanol–water partition coefficient (Wildman–Crippen LogP) is 4.45. The summed E-state index contributed by atoms with van der Waals surface area (Å²) >= 11 is 0. The van der Waals surface area contributed by atoms with Gasteiger partial charge in [-0.1, -0.05) is 6.07 Å². The van der Waals surface area contributed by atoms with E-state index in [-0.39, 0.29) is 11.7 Å². The van der Waals surface area contributed by atoms with Crippen LogP contribution in [0.15, 0.2) is 48.5 Å². The zero-order chi connectivity index (χ0) is 20.7. The second-order valence-corrected chi connectivity index (χ2v) is 6.36. The average molecular weight is 386 g/mol. The summed E-state index contributed by atoms with van der Waals surface area (Å²) < 4.78 is 29.0. The second-order valence-electron chi connectivity index (χ2n) is 6.36. The van der Waals surface area contributed by atoms with Crippen LogP contribution in [0.2, 0.25) is 0 Å². The van der Waals surface area contributed by atoms with Gasteiger partial charge in [-0.25, -0.2) is 9.18 Å². The molecule has 0 amide bonds. The molecular weight excluding hydrogens is 363 g/mol. The van der Waals surface area contributed by atoms with E-state index in [1.165, 1.54) is 44.4 Å². The number of hydrogen-bond donors (Lipinski definition) is 0. The lowest BCUT2D eigenvalue weighted by Gasteiger charge is -2.13. The van der Waals surface area contributed by atoms with E-state index >= 15 is 0 Å². The van der Waals surface area contributed by atoms with E-state index in [2.05, 4.69) is 0 Å². The standard InChI is InChI=1S/C22H23FO5/c1-14(2)27-19-11-5-16(13-20(19)26-4)6-12-21(24)28-15(3)22(25)17-7-9-18(23)10-8-17/h5-15H,1-4H3/b12-6+/t15-/m0/s1. The third-order valence-corrected chi connectivity index (χ3v) is 3.75. The summed E-state index contributed by atoms with van der Waals surface area (Å²) in [4.78, 5) is 24.2. The molecule has 2 rings (SSSR count). The fourth-order valence-electron chi connectivity index (χ4n) is 2.42. The lowest BCUT2D eigenvalue weighted by Crippen LogP contribution is -2.23. The van der Waals surface area contributed by atoms with Crippen LogP contribution >= 0.6 is 0 Å². The second kappa shape index (κ2) is 9.69. The molecule has 148 valence electrons. The van der Waals surface area contributed by atoms with Crippen molar-refractivity contribution in [1.82, 2.24) is 0 Å². The molecule has 0 saturated carbocycles. The van der Waals surface area contributed by atoms with Gasteiger partial charge in [0.1, 0.15) is 5.82 Å². The van der Waals surface area contributed by atoms with Gasteiger partial charge in [0, 0.05) is 11.6 Å². The number of carbonyl (C=O) groups is 2. The Balaban J connectivity index is 2.00. The van der Waals surface area contributed by atoms with Crippen LogP contribution in [-0.4, -0.2) is 31.1 Å². The number of methoxy groups -OCH3 is 1. The summed E-state index contributed by atoms with van der Waals surface area (Å²) in [5.41, 5.74) is 0.985. The van der Waals surface area contributed by atoms with Crippen LogP contribution in [0.25, 0.3) is 6.08 Å². The first-order chi connectivity index (χ1) is 13.3. The minimum Gasteiger partial charge on any atom is -0.493 e. The summed E-state index contributed by atoms with van der Waals surface area (Å²) in [5.74, 6) is -0.354. The minimum atomic E-state index is -0.987. The Morgan fingerprint density at radius 3 is 2.29 bits per heavy atom. The van der Waals surface area contributed by atoms with E-state index in [1.54, 1.807) is 24.3 Å². The van der Waals surface area contributed by atoms with Crippen molar-refractivity contribution in [3.8, 4) is 11.5 Å². The quantitative estimate of drug-likeness (QED) is 0.381. The first kappa shape index (κ1) is 21.2. The van der Waals surface area contributed by atoms with Gasteiger partial charge in [-0.05, 0) is 68.8 Å². The number of Topliss-reactive ketones (excluding diaryl/α,β-unsaturated/α-hetero) is 1. The molecule has 0 aliphatic heterocycles. The molecule has 0 saturated heterocycles. The normalized spacial score (nSPS) is 12.1. The lowest BCUT2D eigenvalue weighted by molar-refractivity contribution is -0.140. The number of ketones is 1. The van der Waals surface area contributed by atoms with Crippen molar-refractivity contribution in [3.05, 3.63) is 65.5 Å². The SMILES string of the molecule is COc1cc(/C=C/C(=O)O[C@@H](C)C(=O)c2ccc(F)cc2)ccc1OC(C)C. The van der Waals surface area contributed by atoms with E-state index in [1.807, 2.05) is 13.8 Å². The van der Waals surface area contributed by atoms with Gasteiger partial charge in [0.25, 0.3) is 0 Å². The van der Waals surface area contributed by atoms with Crippen LogP contribution in [0.1, 0.15) is 36.7 Å². The van der Waals surface area contributed by atoms with Crippen molar-refractivity contribution in [2.45, 2.75) is 33.0 Å². The Labute approximate surface area is 163 Å². The van der Waals surface area contributed by atoms with Crippen LogP contribution in [0.3, 0.4) is 0 Å². The summed E-state index contributed by atoms with van der Waals surface area (Å²) in [5, 5.41) is 0. The van der Waals surface area contributed by atoms with E-state index < -0.39 is 23.7 Å². The van der Waals surface area contributed by atoms with Crippen molar-refractivity contribution < 1.29 is 28.2 Å².